The van der Waals surface area contributed by atoms with Crippen LogP contribution in [-0.4, -0.2) is 27.3 Å². The number of benzene rings is 1. The van der Waals surface area contributed by atoms with E-state index in [1.54, 1.807) is 12.1 Å². The molecule has 6 heteroatoms. The summed E-state index contributed by atoms with van der Waals surface area (Å²) in [6.07, 6.45) is 0. The zero-order valence-corrected chi connectivity index (χ0v) is 9.78. The number of primary amides is 1. The fourth-order valence-electron chi connectivity index (χ4n) is 1.02. The zero-order chi connectivity index (χ0) is 12.3. The van der Waals surface area contributed by atoms with E-state index < -0.39 is 21.6 Å². The van der Waals surface area contributed by atoms with Gasteiger partial charge in [0.2, 0.25) is 4.93 Å². The van der Waals surface area contributed by atoms with Crippen LogP contribution in [0.2, 0.25) is 0 Å². The SMILES string of the molecule is COc1ccc(S(=O)C(C)(O)C(N)=O)cc1. The minimum absolute atomic E-state index is 0.310. The second-order valence-electron chi connectivity index (χ2n) is 3.29. The van der Waals surface area contributed by atoms with Gasteiger partial charge in [0, 0.05) is 4.90 Å². The minimum Gasteiger partial charge on any atom is -0.497 e. The van der Waals surface area contributed by atoms with Crippen molar-refractivity contribution in [1.82, 2.24) is 0 Å². The summed E-state index contributed by atoms with van der Waals surface area (Å²) in [7, 11) is -0.403. The van der Waals surface area contributed by atoms with Gasteiger partial charge < -0.3 is 15.6 Å². The van der Waals surface area contributed by atoms with Crippen molar-refractivity contribution in [2.75, 3.05) is 7.11 Å². The Hall–Kier alpha value is -1.40. The molecule has 0 aliphatic rings. The molecular formula is C10H13NO4S. The smallest absolute Gasteiger partial charge is 0.262 e. The van der Waals surface area contributed by atoms with Gasteiger partial charge in [0.25, 0.3) is 5.91 Å². The van der Waals surface area contributed by atoms with E-state index in [2.05, 4.69) is 0 Å². The molecule has 0 saturated heterocycles. The summed E-state index contributed by atoms with van der Waals surface area (Å²) in [6, 6.07) is 6.19. The average Bonchev–Trinajstić information content (AvgIpc) is 2.28. The molecule has 0 aliphatic heterocycles. The Balaban J connectivity index is 3.01. The molecule has 1 amide bonds. The highest BCUT2D eigenvalue weighted by Gasteiger charge is 2.36. The fourth-order valence-corrected chi connectivity index (χ4v) is 2.05. The highest BCUT2D eigenvalue weighted by Crippen LogP contribution is 2.21. The minimum atomic E-state index is -2.07. The standard InChI is InChI=1S/C10H13NO4S/c1-10(13,9(11)12)16(14)8-5-3-7(15-2)4-6-8/h3-6,13H,1-2H3,(H2,11,12). The van der Waals surface area contributed by atoms with Gasteiger partial charge in [0.15, 0.2) is 0 Å². The highest BCUT2D eigenvalue weighted by molar-refractivity contribution is 7.87. The number of carbonyl (C=O) groups excluding carboxylic acids is 1. The molecule has 88 valence electrons. The first-order valence-corrected chi connectivity index (χ1v) is 5.62. The molecule has 1 aromatic carbocycles. The third kappa shape index (κ3) is 2.40. The molecule has 0 bridgehead atoms. The lowest BCUT2D eigenvalue weighted by Gasteiger charge is -2.18. The van der Waals surface area contributed by atoms with Crippen LogP contribution in [0, 0.1) is 0 Å². The monoisotopic (exact) mass is 243 g/mol. The molecule has 0 fully saturated rings. The predicted molar refractivity (Wildman–Crippen MR) is 59.2 cm³/mol. The Kier molecular flexibility index (Phi) is 3.66. The Morgan fingerprint density at radius 3 is 2.31 bits per heavy atom. The topological polar surface area (TPSA) is 89.6 Å². The Morgan fingerprint density at radius 2 is 1.94 bits per heavy atom. The molecule has 16 heavy (non-hydrogen) atoms. The van der Waals surface area contributed by atoms with E-state index in [1.165, 1.54) is 19.2 Å². The summed E-state index contributed by atoms with van der Waals surface area (Å²) in [5.74, 6) is -0.430. The third-order valence-corrected chi connectivity index (χ3v) is 3.72. The Bertz CT molecular complexity index is 413. The van der Waals surface area contributed by atoms with Gasteiger partial charge in [0.1, 0.15) is 5.75 Å². The van der Waals surface area contributed by atoms with Crippen LogP contribution in [0.5, 0.6) is 5.75 Å². The van der Waals surface area contributed by atoms with Crippen molar-refractivity contribution in [3.05, 3.63) is 24.3 Å². The van der Waals surface area contributed by atoms with Gasteiger partial charge in [0.05, 0.1) is 17.9 Å². The number of aliphatic hydroxyl groups is 1. The van der Waals surface area contributed by atoms with E-state index in [0.29, 0.717) is 10.6 Å². The van der Waals surface area contributed by atoms with E-state index in [-0.39, 0.29) is 0 Å². The molecule has 0 aromatic heterocycles. The molecule has 2 unspecified atom stereocenters. The van der Waals surface area contributed by atoms with E-state index in [0.717, 1.165) is 6.92 Å². The summed E-state index contributed by atoms with van der Waals surface area (Å²) in [5.41, 5.74) is 4.96. The highest BCUT2D eigenvalue weighted by atomic mass is 32.2. The lowest BCUT2D eigenvalue weighted by Crippen LogP contribution is -2.44. The number of amides is 1. The normalized spacial score (nSPS) is 16.2. The summed E-state index contributed by atoms with van der Waals surface area (Å²) in [4.78, 5) is 9.15. The predicted octanol–water partition coefficient (Wildman–Crippen LogP) is -0.00340. The van der Waals surface area contributed by atoms with Gasteiger partial charge in [-0.2, -0.15) is 0 Å². The number of nitrogens with two attached hydrogens (primary N) is 1. The summed E-state index contributed by atoms with van der Waals surface area (Å²) >= 11 is 0. The Labute approximate surface area is 95.7 Å². The van der Waals surface area contributed by atoms with Crippen LogP contribution < -0.4 is 10.5 Å². The van der Waals surface area contributed by atoms with Gasteiger partial charge in [-0.15, -0.1) is 0 Å². The van der Waals surface area contributed by atoms with Crippen LogP contribution in [-0.2, 0) is 15.6 Å². The number of hydrogen-bond acceptors (Lipinski definition) is 4. The lowest BCUT2D eigenvalue weighted by atomic mass is 10.3. The zero-order valence-electron chi connectivity index (χ0n) is 8.97. The average molecular weight is 243 g/mol. The second kappa shape index (κ2) is 4.63. The summed E-state index contributed by atoms with van der Waals surface area (Å²) in [6.45, 7) is 1.12. The van der Waals surface area contributed by atoms with Gasteiger partial charge in [-0.1, -0.05) is 0 Å². The van der Waals surface area contributed by atoms with Crippen LogP contribution in [0.4, 0.5) is 0 Å². The molecule has 0 saturated carbocycles. The quantitative estimate of drug-likeness (QED) is 0.778. The molecule has 2 atom stereocenters. The first-order chi connectivity index (χ1) is 7.39. The van der Waals surface area contributed by atoms with E-state index >= 15 is 0 Å². The molecule has 0 aliphatic carbocycles. The van der Waals surface area contributed by atoms with Crippen molar-refractivity contribution in [1.29, 1.82) is 0 Å². The molecular weight excluding hydrogens is 230 g/mol. The molecule has 0 spiro atoms. The molecule has 5 nitrogen and oxygen atoms in total. The van der Waals surface area contributed by atoms with E-state index in [9.17, 15) is 14.1 Å². The van der Waals surface area contributed by atoms with E-state index in [1.807, 2.05) is 0 Å². The molecule has 0 radical (unpaired) electrons. The van der Waals surface area contributed by atoms with Crippen molar-refractivity contribution < 1.29 is 18.8 Å². The number of carbonyl (C=O) groups is 1. The first kappa shape index (κ1) is 12.7. The maximum atomic E-state index is 11.8. The number of ether oxygens (including phenoxy) is 1. The molecule has 0 heterocycles. The maximum absolute atomic E-state index is 11.8. The molecule has 3 N–H and O–H groups in total. The Morgan fingerprint density at radius 1 is 1.44 bits per heavy atom. The maximum Gasteiger partial charge on any atom is 0.262 e. The van der Waals surface area contributed by atoms with Gasteiger partial charge in [-0.05, 0) is 31.2 Å². The summed E-state index contributed by atoms with van der Waals surface area (Å²) in [5, 5.41) is 9.63. The molecule has 1 rings (SSSR count). The van der Waals surface area contributed by atoms with Crippen molar-refractivity contribution in [3.63, 3.8) is 0 Å². The van der Waals surface area contributed by atoms with Crippen molar-refractivity contribution in [2.45, 2.75) is 16.8 Å². The van der Waals surface area contributed by atoms with Gasteiger partial charge >= 0.3 is 0 Å². The second-order valence-corrected chi connectivity index (χ2v) is 5.10. The first-order valence-electron chi connectivity index (χ1n) is 4.48. The van der Waals surface area contributed by atoms with Crippen LogP contribution in [0.25, 0.3) is 0 Å². The van der Waals surface area contributed by atoms with Gasteiger partial charge in [-0.3, -0.25) is 9.00 Å². The van der Waals surface area contributed by atoms with Crippen LogP contribution in [0.1, 0.15) is 6.92 Å². The number of hydrogen-bond donors (Lipinski definition) is 2. The fraction of sp³-hybridized carbons (Fsp3) is 0.300. The number of rotatable bonds is 4. The van der Waals surface area contributed by atoms with E-state index in [4.69, 9.17) is 10.5 Å². The van der Waals surface area contributed by atoms with Crippen LogP contribution in [0.15, 0.2) is 29.2 Å². The van der Waals surface area contributed by atoms with Crippen molar-refractivity contribution >= 4 is 16.7 Å². The number of methoxy groups -OCH3 is 1. The third-order valence-electron chi connectivity index (χ3n) is 2.09. The van der Waals surface area contributed by atoms with Crippen LogP contribution in [0.3, 0.4) is 0 Å². The van der Waals surface area contributed by atoms with Crippen molar-refractivity contribution in [3.8, 4) is 5.75 Å². The lowest BCUT2D eigenvalue weighted by molar-refractivity contribution is -0.127. The summed E-state index contributed by atoms with van der Waals surface area (Å²) < 4.78 is 16.8. The largest absolute Gasteiger partial charge is 0.497 e. The van der Waals surface area contributed by atoms with Crippen molar-refractivity contribution in [2.24, 2.45) is 5.73 Å². The molecule has 1 aromatic rings. The van der Waals surface area contributed by atoms with Gasteiger partial charge in [-0.25, -0.2) is 0 Å². The van der Waals surface area contributed by atoms with Crippen LogP contribution >= 0.6 is 0 Å².